The maximum absolute atomic E-state index is 10.7. The first-order valence-corrected chi connectivity index (χ1v) is 3.46. The van der Waals surface area contributed by atoms with Crippen LogP contribution in [0.15, 0.2) is 15.9 Å². The summed E-state index contributed by atoms with van der Waals surface area (Å²) in [4.78, 5) is 17.3. The van der Waals surface area contributed by atoms with Gasteiger partial charge in [-0.1, -0.05) is 6.92 Å². The molecule has 0 aliphatic heterocycles. The Balaban J connectivity index is 3.19. The van der Waals surface area contributed by atoms with E-state index in [2.05, 4.69) is 22.6 Å². The molecular formula is C6H8N2OS. The average Bonchev–Trinajstić information content (AvgIpc) is 1.85. The molecule has 1 rings (SSSR count). The van der Waals surface area contributed by atoms with E-state index in [0.717, 1.165) is 6.42 Å². The van der Waals surface area contributed by atoms with Crippen molar-refractivity contribution in [3.63, 3.8) is 0 Å². The summed E-state index contributed by atoms with van der Waals surface area (Å²) in [7, 11) is 0. The number of nitrogens with one attached hydrogen (secondary N) is 1. The van der Waals surface area contributed by atoms with Crippen LogP contribution in [-0.2, 0) is 6.42 Å². The first kappa shape index (κ1) is 7.34. The Morgan fingerprint density at radius 2 is 2.50 bits per heavy atom. The van der Waals surface area contributed by atoms with Gasteiger partial charge in [0.2, 0.25) is 0 Å². The van der Waals surface area contributed by atoms with Crippen molar-refractivity contribution in [2.75, 3.05) is 0 Å². The molecule has 10 heavy (non-hydrogen) atoms. The molecule has 0 spiro atoms. The molecule has 3 nitrogen and oxygen atoms in total. The van der Waals surface area contributed by atoms with E-state index >= 15 is 0 Å². The highest BCUT2D eigenvalue weighted by Gasteiger charge is 1.93. The van der Waals surface area contributed by atoms with Gasteiger partial charge < -0.3 is 4.98 Å². The zero-order valence-electron chi connectivity index (χ0n) is 5.59. The highest BCUT2D eigenvalue weighted by Crippen LogP contribution is 1.96. The fraction of sp³-hybridized carbons (Fsp3) is 0.333. The lowest BCUT2D eigenvalue weighted by molar-refractivity contribution is 0.872. The van der Waals surface area contributed by atoms with Crippen LogP contribution in [0.4, 0.5) is 0 Å². The van der Waals surface area contributed by atoms with E-state index < -0.39 is 0 Å². The minimum atomic E-state index is -0.142. The van der Waals surface area contributed by atoms with Crippen molar-refractivity contribution in [2.45, 2.75) is 18.4 Å². The third kappa shape index (κ3) is 1.60. The van der Waals surface area contributed by atoms with Gasteiger partial charge in [-0.3, -0.25) is 4.79 Å². The molecule has 0 radical (unpaired) electrons. The van der Waals surface area contributed by atoms with Gasteiger partial charge in [-0.2, -0.15) is 0 Å². The monoisotopic (exact) mass is 156 g/mol. The predicted molar refractivity (Wildman–Crippen MR) is 41.5 cm³/mol. The number of aromatic amines is 1. The van der Waals surface area contributed by atoms with Gasteiger partial charge in [-0.05, 0) is 0 Å². The third-order valence-corrected chi connectivity index (χ3v) is 1.34. The molecule has 0 fully saturated rings. The molecular weight excluding hydrogens is 148 g/mol. The SMILES string of the molecule is CCc1nc(S)cc(=O)[nH]1. The van der Waals surface area contributed by atoms with Crippen molar-refractivity contribution in [3.05, 3.63) is 22.2 Å². The van der Waals surface area contributed by atoms with Crippen LogP contribution in [-0.4, -0.2) is 9.97 Å². The molecule has 0 amide bonds. The lowest BCUT2D eigenvalue weighted by Crippen LogP contribution is -2.09. The summed E-state index contributed by atoms with van der Waals surface area (Å²) in [5.74, 6) is 0.678. The molecule has 0 aliphatic rings. The van der Waals surface area contributed by atoms with Gasteiger partial charge in [0.1, 0.15) is 10.9 Å². The van der Waals surface area contributed by atoms with Crippen LogP contribution in [0.3, 0.4) is 0 Å². The molecule has 0 bridgehead atoms. The molecule has 0 saturated heterocycles. The van der Waals surface area contributed by atoms with Crippen molar-refractivity contribution in [3.8, 4) is 0 Å². The molecule has 1 heterocycles. The summed E-state index contributed by atoms with van der Waals surface area (Å²) in [6.45, 7) is 1.92. The number of hydrogen-bond acceptors (Lipinski definition) is 3. The van der Waals surface area contributed by atoms with Crippen LogP contribution >= 0.6 is 12.6 Å². The minimum Gasteiger partial charge on any atom is -0.310 e. The minimum absolute atomic E-state index is 0.142. The number of thiol groups is 1. The smallest absolute Gasteiger partial charge is 0.251 e. The number of aryl methyl sites for hydroxylation is 1. The zero-order chi connectivity index (χ0) is 7.56. The maximum Gasteiger partial charge on any atom is 0.251 e. The Morgan fingerprint density at radius 1 is 1.80 bits per heavy atom. The lowest BCUT2D eigenvalue weighted by Gasteiger charge is -1.94. The quantitative estimate of drug-likeness (QED) is 0.462. The van der Waals surface area contributed by atoms with E-state index in [1.54, 1.807) is 0 Å². The lowest BCUT2D eigenvalue weighted by atomic mass is 10.4. The van der Waals surface area contributed by atoms with E-state index in [1.165, 1.54) is 6.07 Å². The number of rotatable bonds is 1. The number of nitrogens with zero attached hydrogens (tertiary/aromatic N) is 1. The van der Waals surface area contributed by atoms with Gasteiger partial charge >= 0.3 is 0 Å². The van der Waals surface area contributed by atoms with Crippen molar-refractivity contribution < 1.29 is 0 Å². The molecule has 0 saturated carbocycles. The first-order valence-electron chi connectivity index (χ1n) is 3.01. The first-order chi connectivity index (χ1) is 4.72. The molecule has 0 atom stereocenters. The Morgan fingerprint density at radius 3 is 3.00 bits per heavy atom. The topological polar surface area (TPSA) is 45.8 Å². The number of H-pyrrole nitrogens is 1. The van der Waals surface area contributed by atoms with Crippen LogP contribution in [0.5, 0.6) is 0 Å². The van der Waals surface area contributed by atoms with Gasteiger partial charge in [-0.25, -0.2) is 4.98 Å². The Labute approximate surface area is 63.9 Å². The van der Waals surface area contributed by atoms with E-state index in [4.69, 9.17) is 0 Å². The number of hydrogen-bond donors (Lipinski definition) is 2. The Bertz CT molecular complexity index is 281. The van der Waals surface area contributed by atoms with Crippen LogP contribution in [0.1, 0.15) is 12.7 Å². The van der Waals surface area contributed by atoms with E-state index in [1.807, 2.05) is 6.92 Å². The van der Waals surface area contributed by atoms with Gasteiger partial charge in [-0.15, -0.1) is 12.6 Å². The standard InChI is InChI=1S/C6H8N2OS/c1-2-4-7-5(9)3-6(10)8-4/h3H,2H2,1H3,(H2,7,8,9,10). The average molecular weight is 156 g/mol. The fourth-order valence-corrected chi connectivity index (χ4v) is 0.899. The zero-order valence-corrected chi connectivity index (χ0v) is 6.48. The van der Waals surface area contributed by atoms with Gasteiger partial charge in [0.25, 0.3) is 5.56 Å². The van der Waals surface area contributed by atoms with Crippen molar-refractivity contribution in [1.82, 2.24) is 9.97 Å². The second-order valence-electron chi connectivity index (χ2n) is 1.90. The number of aromatic nitrogens is 2. The van der Waals surface area contributed by atoms with Crippen LogP contribution < -0.4 is 5.56 Å². The molecule has 0 unspecified atom stereocenters. The summed E-state index contributed by atoms with van der Waals surface area (Å²) in [6.07, 6.45) is 0.726. The van der Waals surface area contributed by atoms with E-state index in [-0.39, 0.29) is 5.56 Å². The van der Waals surface area contributed by atoms with Crippen LogP contribution in [0.2, 0.25) is 0 Å². The summed E-state index contributed by atoms with van der Waals surface area (Å²) < 4.78 is 0. The van der Waals surface area contributed by atoms with Gasteiger partial charge in [0.15, 0.2) is 0 Å². The molecule has 0 aliphatic carbocycles. The highest BCUT2D eigenvalue weighted by molar-refractivity contribution is 7.80. The van der Waals surface area contributed by atoms with Crippen molar-refractivity contribution >= 4 is 12.6 Å². The summed E-state index contributed by atoms with van der Waals surface area (Å²) in [5, 5.41) is 0.473. The van der Waals surface area contributed by atoms with Gasteiger partial charge in [0, 0.05) is 12.5 Å². The molecule has 1 N–H and O–H groups in total. The third-order valence-electron chi connectivity index (χ3n) is 1.11. The molecule has 4 heteroatoms. The van der Waals surface area contributed by atoms with Crippen LogP contribution in [0.25, 0.3) is 0 Å². The second-order valence-corrected chi connectivity index (χ2v) is 2.36. The van der Waals surface area contributed by atoms with Gasteiger partial charge in [0.05, 0.1) is 0 Å². The van der Waals surface area contributed by atoms with E-state index in [9.17, 15) is 4.79 Å². The summed E-state index contributed by atoms with van der Waals surface area (Å²) in [5.41, 5.74) is -0.142. The normalized spacial score (nSPS) is 9.80. The fourth-order valence-electron chi connectivity index (χ4n) is 0.661. The molecule has 1 aromatic rings. The molecule has 0 aromatic carbocycles. The predicted octanol–water partition coefficient (Wildman–Crippen LogP) is 0.621. The second kappa shape index (κ2) is 2.88. The van der Waals surface area contributed by atoms with Crippen molar-refractivity contribution in [2.24, 2.45) is 0 Å². The highest BCUT2D eigenvalue weighted by atomic mass is 32.1. The van der Waals surface area contributed by atoms with E-state index in [0.29, 0.717) is 10.9 Å². The molecule has 1 aromatic heterocycles. The summed E-state index contributed by atoms with van der Waals surface area (Å²) in [6, 6.07) is 1.35. The Kier molecular flexibility index (Phi) is 2.11. The largest absolute Gasteiger partial charge is 0.310 e. The summed E-state index contributed by atoms with van der Waals surface area (Å²) >= 11 is 3.95. The molecule has 54 valence electrons. The maximum atomic E-state index is 10.7. The van der Waals surface area contributed by atoms with Crippen LogP contribution in [0, 0.1) is 0 Å². The van der Waals surface area contributed by atoms with Crippen molar-refractivity contribution in [1.29, 1.82) is 0 Å². The Hall–Kier alpha value is -0.770.